The second kappa shape index (κ2) is 3.91. The molecule has 88 valence electrons. The number of aromatic nitrogens is 1. The van der Waals surface area contributed by atoms with Crippen LogP contribution in [0.3, 0.4) is 0 Å². The van der Waals surface area contributed by atoms with Gasteiger partial charge in [0.1, 0.15) is 10.8 Å². The van der Waals surface area contributed by atoms with Crippen molar-refractivity contribution in [2.24, 2.45) is 5.92 Å². The molecule has 2 N–H and O–H groups in total. The van der Waals surface area contributed by atoms with Gasteiger partial charge in [-0.25, -0.2) is 0 Å². The fourth-order valence-electron chi connectivity index (χ4n) is 3.26. The minimum Gasteiger partial charge on any atom is -0.383 e. The van der Waals surface area contributed by atoms with Crippen LogP contribution in [-0.4, -0.2) is 17.0 Å². The van der Waals surface area contributed by atoms with Gasteiger partial charge < -0.3 is 10.6 Å². The number of rotatable bonds is 1. The molecule has 0 amide bonds. The van der Waals surface area contributed by atoms with Gasteiger partial charge in [0.15, 0.2) is 0 Å². The first-order chi connectivity index (χ1) is 7.77. The summed E-state index contributed by atoms with van der Waals surface area (Å²) in [4.78, 5) is 2.58. The van der Waals surface area contributed by atoms with E-state index in [1.807, 2.05) is 0 Å². The van der Waals surface area contributed by atoms with Gasteiger partial charge in [-0.2, -0.15) is 4.37 Å². The molecule has 1 aliphatic heterocycles. The van der Waals surface area contributed by atoms with Crippen molar-refractivity contribution >= 4 is 22.4 Å². The molecule has 16 heavy (non-hydrogen) atoms. The van der Waals surface area contributed by atoms with Gasteiger partial charge in [0.05, 0.1) is 0 Å². The number of nitrogens with two attached hydrogens (primary N) is 1. The van der Waals surface area contributed by atoms with Gasteiger partial charge in [0.25, 0.3) is 0 Å². The van der Waals surface area contributed by atoms with Crippen LogP contribution < -0.4 is 10.6 Å². The van der Waals surface area contributed by atoms with Crippen LogP contribution in [0.4, 0.5) is 10.8 Å². The van der Waals surface area contributed by atoms with E-state index in [9.17, 15) is 0 Å². The summed E-state index contributed by atoms with van der Waals surface area (Å²) in [6.45, 7) is 3.31. The summed E-state index contributed by atoms with van der Waals surface area (Å²) < 4.78 is 4.28. The third kappa shape index (κ3) is 1.51. The summed E-state index contributed by atoms with van der Waals surface area (Å²) in [6.07, 6.45) is 6.97. The SMILES string of the molecule is Cc1c(N)nsc1N1CCC2CCCCC21. The number of nitrogen functional groups attached to an aromatic ring is 1. The van der Waals surface area contributed by atoms with E-state index in [2.05, 4.69) is 16.2 Å². The van der Waals surface area contributed by atoms with Crippen molar-refractivity contribution in [2.45, 2.75) is 45.1 Å². The van der Waals surface area contributed by atoms with Gasteiger partial charge >= 0.3 is 0 Å². The Morgan fingerprint density at radius 2 is 2.12 bits per heavy atom. The van der Waals surface area contributed by atoms with Crippen LogP contribution in [0, 0.1) is 12.8 Å². The first-order valence-corrected chi connectivity index (χ1v) is 7.03. The second-order valence-corrected chi connectivity index (χ2v) is 5.84. The van der Waals surface area contributed by atoms with Crippen molar-refractivity contribution in [1.29, 1.82) is 0 Å². The van der Waals surface area contributed by atoms with Crippen molar-refractivity contribution < 1.29 is 0 Å². The summed E-state index contributed by atoms with van der Waals surface area (Å²) in [6, 6.07) is 0.771. The van der Waals surface area contributed by atoms with E-state index in [0.717, 1.165) is 17.8 Å². The van der Waals surface area contributed by atoms with E-state index in [1.165, 1.54) is 49.2 Å². The highest BCUT2D eigenvalue weighted by Gasteiger charge is 2.37. The van der Waals surface area contributed by atoms with Crippen LogP contribution >= 0.6 is 11.5 Å². The maximum absolute atomic E-state index is 5.85. The number of hydrogen-bond acceptors (Lipinski definition) is 4. The van der Waals surface area contributed by atoms with E-state index in [0.29, 0.717) is 0 Å². The lowest BCUT2D eigenvalue weighted by molar-refractivity contribution is 0.342. The van der Waals surface area contributed by atoms with Gasteiger partial charge in [-0.1, -0.05) is 12.8 Å². The van der Waals surface area contributed by atoms with Gasteiger partial charge in [0.2, 0.25) is 0 Å². The van der Waals surface area contributed by atoms with Crippen molar-refractivity contribution in [2.75, 3.05) is 17.2 Å². The molecule has 0 radical (unpaired) electrons. The predicted molar refractivity (Wildman–Crippen MR) is 69.0 cm³/mol. The fourth-order valence-corrected chi connectivity index (χ4v) is 4.16. The summed E-state index contributed by atoms with van der Waals surface area (Å²) in [7, 11) is 0. The maximum Gasteiger partial charge on any atom is 0.142 e. The maximum atomic E-state index is 5.85. The third-order valence-electron chi connectivity index (χ3n) is 4.21. The Morgan fingerprint density at radius 1 is 1.31 bits per heavy atom. The number of fused-ring (bicyclic) bond motifs is 1. The molecule has 1 saturated carbocycles. The first-order valence-electron chi connectivity index (χ1n) is 6.26. The van der Waals surface area contributed by atoms with Crippen LogP contribution in [0.1, 0.15) is 37.7 Å². The van der Waals surface area contributed by atoms with Gasteiger partial charge in [0, 0.05) is 18.2 Å². The molecule has 2 heterocycles. The Hall–Kier alpha value is -0.770. The van der Waals surface area contributed by atoms with Crippen molar-refractivity contribution in [1.82, 2.24) is 4.37 Å². The molecule has 2 fully saturated rings. The van der Waals surface area contributed by atoms with Crippen molar-refractivity contribution in [3.63, 3.8) is 0 Å². The first kappa shape index (κ1) is 10.4. The lowest BCUT2D eigenvalue weighted by Gasteiger charge is -2.32. The Morgan fingerprint density at radius 3 is 2.88 bits per heavy atom. The Bertz CT molecular complexity index is 388. The number of anilines is 2. The zero-order valence-corrected chi connectivity index (χ0v) is 10.6. The Balaban J connectivity index is 1.87. The van der Waals surface area contributed by atoms with E-state index < -0.39 is 0 Å². The standard InChI is InChI=1S/C12H19N3S/c1-8-11(13)14-16-12(8)15-7-6-9-4-2-3-5-10(9)15/h9-10H,2-7H2,1H3,(H2,13,14). The quantitative estimate of drug-likeness (QED) is 0.816. The van der Waals surface area contributed by atoms with Crippen molar-refractivity contribution in [3.8, 4) is 0 Å². The highest BCUT2D eigenvalue weighted by atomic mass is 32.1. The largest absolute Gasteiger partial charge is 0.383 e. The topological polar surface area (TPSA) is 42.1 Å². The molecule has 3 nitrogen and oxygen atoms in total. The van der Waals surface area contributed by atoms with Gasteiger partial charge in [-0.15, -0.1) is 0 Å². The average molecular weight is 237 g/mol. The Kier molecular flexibility index (Phi) is 2.54. The summed E-state index contributed by atoms with van der Waals surface area (Å²) >= 11 is 1.58. The summed E-state index contributed by atoms with van der Waals surface area (Å²) in [5.41, 5.74) is 7.04. The molecule has 1 aromatic rings. The van der Waals surface area contributed by atoms with Gasteiger partial charge in [-0.3, -0.25) is 0 Å². The fraction of sp³-hybridized carbons (Fsp3) is 0.750. The van der Waals surface area contributed by atoms with Crippen molar-refractivity contribution in [3.05, 3.63) is 5.56 Å². The number of nitrogens with zero attached hydrogens (tertiary/aromatic N) is 2. The molecule has 0 bridgehead atoms. The molecule has 2 unspecified atom stereocenters. The molecule has 0 spiro atoms. The van der Waals surface area contributed by atoms with Crippen LogP contribution in [0.25, 0.3) is 0 Å². The zero-order valence-electron chi connectivity index (χ0n) is 9.78. The van der Waals surface area contributed by atoms with E-state index >= 15 is 0 Å². The molecule has 1 aliphatic carbocycles. The molecule has 2 atom stereocenters. The highest BCUT2D eigenvalue weighted by Crippen LogP contribution is 2.42. The third-order valence-corrected chi connectivity index (χ3v) is 5.21. The molecule has 0 aromatic carbocycles. The average Bonchev–Trinajstić information content (AvgIpc) is 2.85. The molecule has 1 aromatic heterocycles. The molecular weight excluding hydrogens is 218 g/mol. The summed E-state index contributed by atoms with van der Waals surface area (Å²) in [5.74, 6) is 1.65. The lowest BCUT2D eigenvalue weighted by atomic mass is 9.85. The zero-order chi connectivity index (χ0) is 11.1. The van der Waals surface area contributed by atoms with E-state index in [1.54, 1.807) is 11.5 Å². The van der Waals surface area contributed by atoms with Crippen LogP contribution in [-0.2, 0) is 0 Å². The normalized spacial score (nSPS) is 29.4. The van der Waals surface area contributed by atoms with E-state index in [4.69, 9.17) is 5.73 Å². The number of hydrogen-bond donors (Lipinski definition) is 1. The molecule has 2 aliphatic rings. The molecule has 3 rings (SSSR count). The Labute approximate surface area is 101 Å². The smallest absolute Gasteiger partial charge is 0.142 e. The molecular formula is C12H19N3S. The van der Waals surface area contributed by atoms with Crippen LogP contribution in [0.15, 0.2) is 0 Å². The predicted octanol–water partition coefficient (Wildman–Crippen LogP) is 2.80. The lowest BCUT2D eigenvalue weighted by Crippen LogP contribution is -2.34. The second-order valence-electron chi connectivity index (χ2n) is 5.09. The molecule has 4 heteroatoms. The molecule has 1 saturated heterocycles. The monoisotopic (exact) mass is 237 g/mol. The minimum atomic E-state index is 0.722. The van der Waals surface area contributed by atoms with Gasteiger partial charge in [-0.05, 0) is 43.6 Å². The van der Waals surface area contributed by atoms with E-state index in [-0.39, 0.29) is 0 Å². The summed E-state index contributed by atoms with van der Waals surface area (Å²) in [5, 5.41) is 1.33. The highest BCUT2D eigenvalue weighted by molar-refractivity contribution is 7.10. The minimum absolute atomic E-state index is 0.722. The van der Waals surface area contributed by atoms with Crippen LogP contribution in [0.2, 0.25) is 0 Å². The van der Waals surface area contributed by atoms with Crippen LogP contribution in [0.5, 0.6) is 0 Å².